The van der Waals surface area contributed by atoms with Crippen molar-refractivity contribution in [3.63, 3.8) is 0 Å². The largest absolute Gasteiger partial charge is 0.468 e. The number of para-hydroxylation sites is 1. The first kappa shape index (κ1) is 19.8. The van der Waals surface area contributed by atoms with Gasteiger partial charge in [-0.05, 0) is 48.5 Å². The van der Waals surface area contributed by atoms with E-state index in [9.17, 15) is 4.79 Å². The van der Waals surface area contributed by atoms with E-state index >= 15 is 0 Å². The Morgan fingerprint density at radius 1 is 0.933 bits per heavy atom. The van der Waals surface area contributed by atoms with Crippen LogP contribution in [-0.4, -0.2) is 34.2 Å². The Bertz CT molecular complexity index is 1110. The highest BCUT2D eigenvalue weighted by atomic mass is 35.5. The molecule has 0 radical (unpaired) electrons. The standard InChI is InChI=1S/C23H18ClN3O3/c24-19-10-6-17(7-11-19)22-14-25-26-27(22)20-12-8-18(9-13-20)23(28)15-29-16-30-21-4-2-1-3-5-21/h1-14H,15-16H2. The van der Waals surface area contributed by atoms with Gasteiger partial charge >= 0.3 is 0 Å². The van der Waals surface area contributed by atoms with Gasteiger partial charge in [-0.25, -0.2) is 4.68 Å². The molecule has 0 fully saturated rings. The summed E-state index contributed by atoms with van der Waals surface area (Å²) in [6.07, 6.45) is 1.68. The Morgan fingerprint density at radius 3 is 2.40 bits per heavy atom. The molecule has 150 valence electrons. The maximum Gasteiger partial charge on any atom is 0.189 e. The highest BCUT2D eigenvalue weighted by Gasteiger charge is 2.11. The number of nitrogens with zero attached hydrogens (tertiary/aromatic N) is 3. The van der Waals surface area contributed by atoms with Gasteiger partial charge in [-0.15, -0.1) is 5.10 Å². The van der Waals surface area contributed by atoms with Gasteiger partial charge in [0.2, 0.25) is 0 Å². The first-order chi connectivity index (χ1) is 14.7. The molecule has 0 aliphatic carbocycles. The summed E-state index contributed by atoms with van der Waals surface area (Å²) in [5.74, 6) is 0.563. The number of carbonyl (C=O) groups excluding carboxylic acids is 1. The first-order valence-corrected chi connectivity index (χ1v) is 9.64. The number of ether oxygens (including phenoxy) is 2. The lowest BCUT2D eigenvalue weighted by Gasteiger charge is -2.08. The second kappa shape index (κ2) is 9.35. The highest BCUT2D eigenvalue weighted by Crippen LogP contribution is 2.23. The number of hydrogen-bond donors (Lipinski definition) is 0. The predicted molar refractivity (Wildman–Crippen MR) is 114 cm³/mol. The average molecular weight is 420 g/mol. The van der Waals surface area contributed by atoms with Crippen molar-refractivity contribution < 1.29 is 14.3 Å². The molecular weight excluding hydrogens is 402 g/mol. The SMILES string of the molecule is O=C(COCOc1ccccc1)c1ccc(-n2nncc2-c2ccc(Cl)cc2)cc1. The van der Waals surface area contributed by atoms with Crippen molar-refractivity contribution in [1.29, 1.82) is 0 Å². The van der Waals surface area contributed by atoms with E-state index in [0.29, 0.717) is 16.3 Å². The van der Waals surface area contributed by atoms with E-state index in [1.165, 1.54) is 0 Å². The number of hydrogen-bond acceptors (Lipinski definition) is 5. The Balaban J connectivity index is 1.38. The molecule has 3 aromatic carbocycles. The zero-order chi connectivity index (χ0) is 20.8. The van der Waals surface area contributed by atoms with Gasteiger partial charge in [-0.2, -0.15) is 0 Å². The molecule has 0 unspecified atom stereocenters. The lowest BCUT2D eigenvalue weighted by molar-refractivity contribution is 0.0178. The lowest BCUT2D eigenvalue weighted by Crippen LogP contribution is -2.12. The van der Waals surface area contributed by atoms with E-state index < -0.39 is 0 Å². The fourth-order valence-corrected chi connectivity index (χ4v) is 3.00. The smallest absolute Gasteiger partial charge is 0.189 e. The van der Waals surface area contributed by atoms with Crippen LogP contribution in [0.25, 0.3) is 16.9 Å². The summed E-state index contributed by atoms with van der Waals surface area (Å²) in [7, 11) is 0. The number of carbonyl (C=O) groups is 1. The third-order valence-corrected chi connectivity index (χ3v) is 4.66. The zero-order valence-corrected chi connectivity index (χ0v) is 16.7. The van der Waals surface area contributed by atoms with Crippen LogP contribution in [0.15, 0.2) is 85.1 Å². The van der Waals surface area contributed by atoms with Crippen LogP contribution >= 0.6 is 11.6 Å². The summed E-state index contributed by atoms with van der Waals surface area (Å²) in [5, 5.41) is 8.83. The minimum atomic E-state index is -0.130. The van der Waals surface area contributed by atoms with Crippen molar-refractivity contribution in [2.45, 2.75) is 0 Å². The Labute approximate surface area is 178 Å². The summed E-state index contributed by atoms with van der Waals surface area (Å²) in [5.41, 5.74) is 3.11. The van der Waals surface area contributed by atoms with E-state index in [-0.39, 0.29) is 19.2 Å². The van der Waals surface area contributed by atoms with Gasteiger partial charge in [-0.3, -0.25) is 4.79 Å². The fourth-order valence-electron chi connectivity index (χ4n) is 2.88. The molecule has 0 saturated heterocycles. The number of aromatic nitrogens is 3. The molecule has 0 atom stereocenters. The van der Waals surface area contributed by atoms with Gasteiger partial charge < -0.3 is 9.47 Å². The first-order valence-electron chi connectivity index (χ1n) is 9.26. The maximum absolute atomic E-state index is 12.3. The minimum Gasteiger partial charge on any atom is -0.468 e. The molecule has 4 rings (SSSR count). The molecule has 0 amide bonds. The van der Waals surface area contributed by atoms with Crippen LogP contribution in [0.4, 0.5) is 0 Å². The average Bonchev–Trinajstić information content (AvgIpc) is 3.28. The van der Waals surface area contributed by atoms with Gasteiger partial charge in [0.05, 0.1) is 17.6 Å². The molecule has 0 bridgehead atoms. The van der Waals surface area contributed by atoms with E-state index in [2.05, 4.69) is 10.3 Å². The zero-order valence-electron chi connectivity index (χ0n) is 15.9. The van der Waals surface area contributed by atoms with E-state index in [4.69, 9.17) is 21.1 Å². The molecule has 6 nitrogen and oxygen atoms in total. The van der Waals surface area contributed by atoms with Gasteiger partial charge in [0.1, 0.15) is 12.4 Å². The minimum absolute atomic E-state index is 0.0112. The summed E-state index contributed by atoms with van der Waals surface area (Å²) < 4.78 is 12.5. The monoisotopic (exact) mass is 419 g/mol. The van der Waals surface area contributed by atoms with Crippen LogP contribution in [0, 0.1) is 0 Å². The summed E-state index contributed by atoms with van der Waals surface area (Å²) in [6, 6.07) is 23.9. The number of Topliss-reactive ketones (excluding diaryl/α,β-unsaturated/α-hetero) is 1. The Morgan fingerprint density at radius 2 is 1.67 bits per heavy atom. The van der Waals surface area contributed by atoms with Crippen LogP contribution in [0.3, 0.4) is 0 Å². The quantitative estimate of drug-likeness (QED) is 0.232. The summed E-state index contributed by atoms with van der Waals surface area (Å²) in [6.45, 7) is -0.0528. The molecule has 1 aromatic heterocycles. The van der Waals surface area contributed by atoms with Crippen LogP contribution < -0.4 is 4.74 Å². The van der Waals surface area contributed by atoms with Crippen molar-refractivity contribution in [3.8, 4) is 22.7 Å². The third kappa shape index (κ3) is 4.74. The molecule has 7 heteroatoms. The molecule has 0 aliphatic heterocycles. The molecule has 0 N–H and O–H groups in total. The second-order valence-corrected chi connectivity index (χ2v) is 6.87. The van der Waals surface area contributed by atoms with Crippen molar-refractivity contribution >= 4 is 17.4 Å². The van der Waals surface area contributed by atoms with Crippen LogP contribution in [0.1, 0.15) is 10.4 Å². The molecule has 0 saturated carbocycles. The number of ketones is 1. The number of rotatable bonds is 8. The molecule has 30 heavy (non-hydrogen) atoms. The van der Waals surface area contributed by atoms with E-state index in [1.54, 1.807) is 23.0 Å². The van der Waals surface area contributed by atoms with Gasteiger partial charge in [-0.1, -0.05) is 47.1 Å². The molecule has 4 aromatic rings. The molecule has 1 heterocycles. The van der Waals surface area contributed by atoms with Crippen molar-refractivity contribution in [2.75, 3.05) is 13.4 Å². The third-order valence-electron chi connectivity index (χ3n) is 4.41. The van der Waals surface area contributed by atoms with E-state index in [1.807, 2.05) is 66.7 Å². The van der Waals surface area contributed by atoms with E-state index in [0.717, 1.165) is 16.9 Å². The Kier molecular flexibility index (Phi) is 6.17. The second-order valence-electron chi connectivity index (χ2n) is 6.43. The molecule has 0 spiro atoms. The topological polar surface area (TPSA) is 66.2 Å². The van der Waals surface area contributed by atoms with Crippen molar-refractivity contribution in [3.05, 3.63) is 95.6 Å². The van der Waals surface area contributed by atoms with Crippen molar-refractivity contribution in [1.82, 2.24) is 15.0 Å². The molecular formula is C23H18ClN3O3. The number of benzene rings is 3. The van der Waals surface area contributed by atoms with Gasteiger partial charge in [0.25, 0.3) is 0 Å². The normalized spacial score (nSPS) is 10.7. The van der Waals surface area contributed by atoms with Crippen LogP contribution in [0.5, 0.6) is 5.75 Å². The lowest BCUT2D eigenvalue weighted by atomic mass is 10.1. The maximum atomic E-state index is 12.3. The fraction of sp³-hybridized carbons (Fsp3) is 0.0870. The molecule has 0 aliphatic rings. The summed E-state index contributed by atoms with van der Waals surface area (Å²) in [4.78, 5) is 12.3. The highest BCUT2D eigenvalue weighted by molar-refractivity contribution is 6.30. The Hall–Kier alpha value is -3.48. The van der Waals surface area contributed by atoms with Gasteiger partial charge in [0.15, 0.2) is 12.6 Å². The van der Waals surface area contributed by atoms with Crippen molar-refractivity contribution in [2.24, 2.45) is 0 Å². The number of halogens is 1. The van der Waals surface area contributed by atoms with Crippen LogP contribution in [0.2, 0.25) is 5.02 Å². The predicted octanol–water partition coefficient (Wildman–Crippen LogP) is 4.82. The van der Waals surface area contributed by atoms with Crippen LogP contribution in [-0.2, 0) is 4.74 Å². The van der Waals surface area contributed by atoms with Gasteiger partial charge in [0, 0.05) is 16.1 Å². The summed E-state index contributed by atoms with van der Waals surface area (Å²) >= 11 is 5.97.